The molecule has 0 spiro atoms. The zero-order chi connectivity index (χ0) is 22.0. The van der Waals surface area contributed by atoms with Gasteiger partial charge >= 0.3 is 0 Å². The van der Waals surface area contributed by atoms with Crippen LogP contribution in [0.4, 0.5) is 0 Å². The zero-order valence-corrected chi connectivity index (χ0v) is 18.9. The highest BCUT2D eigenvalue weighted by Crippen LogP contribution is 2.38. The molecule has 2 saturated heterocycles. The predicted octanol–water partition coefficient (Wildman–Crippen LogP) is 3.16. The summed E-state index contributed by atoms with van der Waals surface area (Å²) in [6, 6.07) is 8.52. The standard InChI is InChI=1S/C25H35N3O3/c1-18-6-5-9-21(16-18)23-11-10-22(17-28(23)25(31)20-7-3-4-8-20)24(30)27-14-12-26(13-15-27)19(2)29/h5-6,9,16,20,22-23H,3-4,7-8,10-15,17H2,1-2H3. The van der Waals surface area contributed by atoms with E-state index in [4.69, 9.17) is 0 Å². The van der Waals surface area contributed by atoms with Crippen molar-refractivity contribution in [2.24, 2.45) is 11.8 Å². The lowest BCUT2D eigenvalue weighted by molar-refractivity contribution is -0.148. The molecule has 4 rings (SSSR count). The first kappa shape index (κ1) is 21.8. The monoisotopic (exact) mass is 425 g/mol. The predicted molar refractivity (Wildman–Crippen MR) is 119 cm³/mol. The Hall–Kier alpha value is -2.37. The van der Waals surface area contributed by atoms with Crippen molar-refractivity contribution in [1.82, 2.24) is 14.7 Å². The van der Waals surface area contributed by atoms with Crippen LogP contribution in [0.1, 0.15) is 62.6 Å². The molecule has 6 nitrogen and oxygen atoms in total. The molecule has 6 heteroatoms. The van der Waals surface area contributed by atoms with Crippen molar-refractivity contribution < 1.29 is 14.4 Å². The molecule has 3 fully saturated rings. The van der Waals surface area contributed by atoms with Gasteiger partial charge in [0, 0.05) is 45.6 Å². The third kappa shape index (κ3) is 4.78. The van der Waals surface area contributed by atoms with Crippen molar-refractivity contribution in [1.29, 1.82) is 0 Å². The Morgan fingerprint density at radius 2 is 1.52 bits per heavy atom. The SMILES string of the molecule is CC(=O)N1CCN(C(=O)C2CCC(c3cccc(C)c3)N(C(=O)C3CCCC3)C2)CC1. The van der Waals surface area contributed by atoms with Crippen molar-refractivity contribution in [3.8, 4) is 0 Å². The van der Waals surface area contributed by atoms with E-state index < -0.39 is 0 Å². The van der Waals surface area contributed by atoms with Gasteiger partial charge in [-0.05, 0) is 38.2 Å². The molecule has 0 N–H and O–H groups in total. The Bertz CT molecular complexity index is 825. The maximum Gasteiger partial charge on any atom is 0.227 e. The summed E-state index contributed by atoms with van der Waals surface area (Å²) in [5.74, 6) is 0.424. The van der Waals surface area contributed by atoms with Crippen LogP contribution in [0.15, 0.2) is 24.3 Å². The number of piperidine rings is 1. The molecule has 2 heterocycles. The molecule has 0 aromatic heterocycles. The second-order valence-electron chi connectivity index (χ2n) is 9.51. The molecule has 0 bridgehead atoms. The van der Waals surface area contributed by atoms with Crippen LogP contribution in [0.5, 0.6) is 0 Å². The summed E-state index contributed by atoms with van der Waals surface area (Å²) < 4.78 is 0. The van der Waals surface area contributed by atoms with Gasteiger partial charge in [-0.2, -0.15) is 0 Å². The van der Waals surface area contributed by atoms with E-state index in [1.165, 1.54) is 11.1 Å². The Morgan fingerprint density at radius 3 is 2.16 bits per heavy atom. The topological polar surface area (TPSA) is 60.9 Å². The molecule has 2 aliphatic heterocycles. The number of rotatable bonds is 3. The van der Waals surface area contributed by atoms with Gasteiger partial charge in [0.15, 0.2) is 0 Å². The fourth-order valence-electron chi connectivity index (χ4n) is 5.55. The fraction of sp³-hybridized carbons (Fsp3) is 0.640. The summed E-state index contributed by atoms with van der Waals surface area (Å²) >= 11 is 0. The van der Waals surface area contributed by atoms with Crippen molar-refractivity contribution in [3.05, 3.63) is 35.4 Å². The number of hydrogen-bond acceptors (Lipinski definition) is 3. The molecule has 1 aromatic carbocycles. The van der Waals surface area contributed by atoms with Crippen LogP contribution in [0, 0.1) is 18.8 Å². The maximum absolute atomic E-state index is 13.5. The molecule has 1 aromatic rings. The molecule has 0 radical (unpaired) electrons. The van der Waals surface area contributed by atoms with E-state index in [-0.39, 0.29) is 35.6 Å². The van der Waals surface area contributed by atoms with Gasteiger partial charge in [-0.1, -0.05) is 42.7 Å². The Kier molecular flexibility index (Phi) is 6.63. The average molecular weight is 426 g/mol. The largest absolute Gasteiger partial charge is 0.339 e. The van der Waals surface area contributed by atoms with Crippen LogP contribution in [0.2, 0.25) is 0 Å². The van der Waals surface area contributed by atoms with Crippen LogP contribution in [-0.4, -0.2) is 65.1 Å². The Morgan fingerprint density at radius 1 is 0.839 bits per heavy atom. The maximum atomic E-state index is 13.5. The summed E-state index contributed by atoms with van der Waals surface area (Å²) in [6.07, 6.45) is 5.83. The smallest absolute Gasteiger partial charge is 0.227 e. The number of likely N-dealkylation sites (tertiary alicyclic amines) is 1. The summed E-state index contributed by atoms with van der Waals surface area (Å²) in [5.41, 5.74) is 2.39. The van der Waals surface area contributed by atoms with E-state index in [1.807, 2.05) is 9.80 Å². The number of amides is 3. The fourth-order valence-corrected chi connectivity index (χ4v) is 5.55. The summed E-state index contributed by atoms with van der Waals surface area (Å²) in [4.78, 5) is 44.1. The highest BCUT2D eigenvalue weighted by Gasteiger charge is 2.40. The van der Waals surface area contributed by atoms with Crippen LogP contribution >= 0.6 is 0 Å². The zero-order valence-electron chi connectivity index (χ0n) is 18.9. The number of benzene rings is 1. The van der Waals surface area contributed by atoms with E-state index in [0.29, 0.717) is 32.7 Å². The van der Waals surface area contributed by atoms with Crippen LogP contribution in [0.25, 0.3) is 0 Å². The molecule has 2 atom stereocenters. The van der Waals surface area contributed by atoms with Gasteiger partial charge in [0.1, 0.15) is 0 Å². The third-order valence-corrected chi connectivity index (χ3v) is 7.38. The second kappa shape index (κ2) is 9.41. The molecular weight excluding hydrogens is 390 g/mol. The van der Waals surface area contributed by atoms with Crippen LogP contribution in [0.3, 0.4) is 0 Å². The quantitative estimate of drug-likeness (QED) is 0.747. The molecule has 3 aliphatic rings. The minimum Gasteiger partial charge on any atom is -0.339 e. The molecule has 3 amide bonds. The van der Waals surface area contributed by atoms with Crippen molar-refractivity contribution in [2.45, 2.75) is 58.4 Å². The molecule has 1 aliphatic carbocycles. The van der Waals surface area contributed by atoms with Gasteiger partial charge in [-0.3, -0.25) is 14.4 Å². The van der Waals surface area contributed by atoms with Gasteiger partial charge in [0.2, 0.25) is 17.7 Å². The second-order valence-corrected chi connectivity index (χ2v) is 9.51. The van der Waals surface area contributed by atoms with E-state index >= 15 is 0 Å². The summed E-state index contributed by atoms with van der Waals surface area (Å²) in [7, 11) is 0. The van der Waals surface area contributed by atoms with Crippen LogP contribution < -0.4 is 0 Å². The average Bonchev–Trinajstić information content (AvgIpc) is 3.33. The van der Waals surface area contributed by atoms with Gasteiger partial charge in [0.25, 0.3) is 0 Å². The first-order valence-electron chi connectivity index (χ1n) is 11.9. The highest BCUT2D eigenvalue weighted by molar-refractivity contribution is 5.83. The molecular formula is C25H35N3O3. The van der Waals surface area contributed by atoms with E-state index in [1.54, 1.807) is 11.8 Å². The Balaban J connectivity index is 1.49. The van der Waals surface area contributed by atoms with Crippen molar-refractivity contribution in [3.63, 3.8) is 0 Å². The van der Waals surface area contributed by atoms with Crippen molar-refractivity contribution in [2.75, 3.05) is 32.7 Å². The Labute approximate surface area is 185 Å². The number of carbonyl (C=O) groups excluding carboxylic acids is 3. The minimum absolute atomic E-state index is 0.0617. The minimum atomic E-state index is -0.143. The number of aryl methyl sites for hydroxylation is 1. The third-order valence-electron chi connectivity index (χ3n) is 7.38. The molecule has 1 saturated carbocycles. The summed E-state index contributed by atoms with van der Waals surface area (Å²) in [5, 5.41) is 0. The molecule has 168 valence electrons. The highest BCUT2D eigenvalue weighted by atomic mass is 16.2. The van der Waals surface area contributed by atoms with Crippen LogP contribution in [-0.2, 0) is 14.4 Å². The van der Waals surface area contributed by atoms with Gasteiger partial charge in [-0.25, -0.2) is 0 Å². The lowest BCUT2D eigenvalue weighted by Crippen LogP contribution is -2.54. The van der Waals surface area contributed by atoms with Crippen molar-refractivity contribution >= 4 is 17.7 Å². The molecule has 31 heavy (non-hydrogen) atoms. The lowest BCUT2D eigenvalue weighted by Gasteiger charge is -2.43. The lowest BCUT2D eigenvalue weighted by atomic mass is 9.86. The van der Waals surface area contributed by atoms with E-state index in [9.17, 15) is 14.4 Å². The first-order valence-corrected chi connectivity index (χ1v) is 11.9. The summed E-state index contributed by atoms with van der Waals surface area (Å²) in [6.45, 7) is 6.56. The number of hydrogen-bond donors (Lipinski definition) is 0. The van der Waals surface area contributed by atoms with Gasteiger partial charge in [0.05, 0.1) is 12.0 Å². The van der Waals surface area contributed by atoms with Gasteiger partial charge < -0.3 is 14.7 Å². The number of nitrogens with zero attached hydrogens (tertiary/aromatic N) is 3. The van der Waals surface area contributed by atoms with E-state index in [2.05, 4.69) is 31.2 Å². The molecule has 2 unspecified atom stereocenters. The van der Waals surface area contributed by atoms with Gasteiger partial charge in [-0.15, -0.1) is 0 Å². The number of carbonyl (C=O) groups is 3. The van der Waals surface area contributed by atoms with E-state index in [0.717, 1.165) is 38.5 Å². The first-order chi connectivity index (χ1) is 14.9. The normalized spacial score (nSPS) is 25.0. The number of piperazine rings is 1.